The number of primary amides is 2. The van der Waals surface area contributed by atoms with Crippen molar-refractivity contribution in [2.45, 2.75) is 215 Å². The topological polar surface area (TPSA) is 589 Å². The largest absolute Gasteiger partial charge is 0.508 e. The number of rotatable bonds is 29. The highest BCUT2D eigenvalue weighted by molar-refractivity contribution is 8.00. The number of aryl methyl sites for hydroxylation is 1. The number of carbonyl (C=O) groups is 17. The lowest BCUT2D eigenvalue weighted by Gasteiger charge is -2.38. The van der Waals surface area contributed by atoms with E-state index in [-0.39, 0.29) is 82.3 Å². The zero-order chi connectivity index (χ0) is 101. The molecule has 139 heavy (non-hydrogen) atoms. The number of carboxylic acid groups (broad SMARTS) is 1. The monoisotopic (exact) mass is 1940 g/mol. The summed E-state index contributed by atoms with van der Waals surface area (Å²) in [6.07, 6.45) is -3.03. The van der Waals surface area contributed by atoms with Gasteiger partial charge in [0.1, 0.15) is 90.0 Å². The first-order valence-electron chi connectivity index (χ1n) is 46.4. The third-order valence-corrected chi connectivity index (χ3v) is 25.7. The molecule has 2 fully saturated rings. The number of unbranched alkanes of at least 4 members (excludes halogenated alkanes) is 2. The predicted octanol–water partition coefficient (Wildman–Crippen LogP) is 0.937. The number of amides is 16. The van der Waals surface area contributed by atoms with Gasteiger partial charge in [-0.3, -0.25) is 81.5 Å². The number of nitrogens with zero attached hydrogens (tertiary/aromatic N) is 5. The van der Waals surface area contributed by atoms with E-state index in [1.54, 1.807) is 123 Å². The number of carbonyl (C=O) groups excluding carboxylic acids is 16. The van der Waals surface area contributed by atoms with Crippen molar-refractivity contribution in [1.82, 2.24) is 77.3 Å². The fraction of sp³-hybridized carbons (Fsp3) is 0.444. The number of aromatic nitrogens is 1. The molecule has 0 spiro atoms. The molecule has 1 aromatic heterocycles. The van der Waals surface area contributed by atoms with E-state index < -0.39 is 248 Å². The Hall–Kier alpha value is -14.3. The van der Waals surface area contributed by atoms with Gasteiger partial charge in [-0.05, 0) is 121 Å². The molecule has 0 saturated carbocycles. The molecule has 7 aromatic rings. The zero-order valence-corrected chi connectivity index (χ0v) is 79.8. The average molecular weight is 1940 g/mol. The van der Waals surface area contributed by atoms with Gasteiger partial charge in [-0.1, -0.05) is 167 Å². The summed E-state index contributed by atoms with van der Waals surface area (Å²) in [5.41, 5.74) is 20.7. The van der Waals surface area contributed by atoms with Crippen molar-refractivity contribution in [1.29, 1.82) is 0 Å². The van der Waals surface area contributed by atoms with E-state index in [0.29, 0.717) is 51.6 Å². The first kappa shape index (κ1) is 108. The fourth-order valence-electron chi connectivity index (χ4n) is 16.8. The lowest BCUT2D eigenvalue weighted by molar-refractivity contribution is -0.152. The number of likely N-dealkylation sites (N-methyl/N-ethyl adjacent to an activating group) is 4. The van der Waals surface area contributed by atoms with Gasteiger partial charge in [0.15, 0.2) is 0 Å². The third kappa shape index (κ3) is 31.9. The minimum absolute atomic E-state index is 0.0272. The number of thioether (sulfide) groups is 1. The van der Waals surface area contributed by atoms with Crippen LogP contribution in [0.4, 0.5) is 0 Å². The molecule has 9 rings (SSSR count). The van der Waals surface area contributed by atoms with Crippen LogP contribution in [0.25, 0.3) is 10.9 Å². The molecule has 746 valence electrons. The van der Waals surface area contributed by atoms with Crippen molar-refractivity contribution >= 4 is 123 Å². The van der Waals surface area contributed by atoms with Gasteiger partial charge in [-0.15, -0.1) is 11.8 Å². The Labute approximate surface area is 810 Å². The number of nitrogens with two attached hydrogens (primary N) is 3. The first-order chi connectivity index (χ1) is 66.3. The van der Waals surface area contributed by atoms with E-state index in [4.69, 9.17) is 17.2 Å². The molecule has 2 aliphatic rings. The Bertz CT molecular complexity index is 5430. The van der Waals surface area contributed by atoms with Crippen LogP contribution in [0.2, 0.25) is 0 Å². The maximum Gasteiger partial charge on any atom is 0.303 e. The van der Waals surface area contributed by atoms with E-state index in [0.717, 1.165) is 39.1 Å². The summed E-state index contributed by atoms with van der Waals surface area (Å²) in [4.78, 5) is 262. The summed E-state index contributed by atoms with van der Waals surface area (Å²) >= 11 is 0.798. The second kappa shape index (κ2) is 52.9. The normalized spacial score (nSPS) is 23.1. The summed E-state index contributed by atoms with van der Waals surface area (Å²) in [5.74, 6) is -19.3. The van der Waals surface area contributed by atoms with Gasteiger partial charge in [-0.2, -0.15) is 0 Å². The van der Waals surface area contributed by atoms with Crippen LogP contribution >= 0.6 is 11.8 Å². The lowest BCUT2D eigenvalue weighted by Crippen LogP contribution is -2.62. The van der Waals surface area contributed by atoms with Crippen molar-refractivity contribution in [2.24, 2.45) is 23.1 Å². The molecule has 0 radical (unpaired) electrons. The van der Waals surface area contributed by atoms with Gasteiger partial charge in [-0.25, -0.2) is 0 Å². The Morgan fingerprint density at radius 3 is 1.53 bits per heavy atom. The maximum atomic E-state index is 15.8. The molecule has 6 aromatic carbocycles. The van der Waals surface area contributed by atoms with Crippen LogP contribution in [0.3, 0.4) is 0 Å². The van der Waals surface area contributed by atoms with E-state index in [1.165, 1.54) is 79.5 Å². The molecule has 20 N–H and O–H groups in total. The summed E-state index contributed by atoms with van der Waals surface area (Å²) in [5, 5.41) is 67.4. The molecular weight excluding hydrogens is 1810 g/mol. The number of H-pyrrole nitrogens is 1. The van der Waals surface area contributed by atoms with Crippen molar-refractivity contribution < 1.29 is 102 Å². The van der Waals surface area contributed by atoms with Gasteiger partial charge < -0.3 is 115 Å². The number of nitrogens with one attached hydrogen (secondary N) is 10. The number of carboxylic acids is 1. The van der Waals surface area contributed by atoms with Crippen LogP contribution in [0.1, 0.15) is 125 Å². The number of aromatic hydroxyl groups is 2. The molecule has 14 atom stereocenters. The summed E-state index contributed by atoms with van der Waals surface area (Å²) in [6, 6.07) is 22.5. The number of aliphatic hydroxyl groups excluding tert-OH is 1. The molecule has 0 unspecified atom stereocenters. The predicted molar refractivity (Wildman–Crippen MR) is 516 cm³/mol. The number of phenols is 2. The third-order valence-electron chi connectivity index (χ3n) is 24.7. The standard InChI is InChI=1S/C99H128N18O21S/c1-8-9-32-78-98(137)117-55-67(120)51-81(117)94(133)109-73(52-82(101)121)91(130)112-86(58(2)3)99(138)116(7)80(49-61-27-17-12-18-28-61)93(132)110-75(48-63-35-40-66(119)41-36-63)96(135)113(4)77(43-44-85(124)125)92(131)108-72(50-64-53-103-69-30-20-19-29-68(64)69)90(129)107-71(46-62-33-38-65(118)39-34-62)89(128)106-70(31-21-22-45-100)88(127)111-76(87(126)104-54-83(102)122)56-139-57-84(123)105-74(47-60-25-15-11-16-26-60)95(134)114(5)79(97(136)115(78)6)42-37-59-23-13-10-14-24-59/h10-20,23-30,33-36,38-41,53,58,67,70-81,86,103,118-120H,8-9,21-22,31-32,37,42-52,54-57,100H2,1-7H3,(H2,101,121)(H2,102,122)(H,104,126)(H,105,123)(H,106,128)(H,107,129)(H,108,131)(H,109,133)(H,110,132)(H,111,127)(H,112,130)(H,124,125)/t67-,70+,71+,72+,73+,74+,75+,76+,77-,78+,79+,80+,81-,86+/m1/s1. The quantitative estimate of drug-likeness (QED) is 0.0290. The highest BCUT2D eigenvalue weighted by atomic mass is 32.2. The molecule has 3 heterocycles. The number of aliphatic carboxylic acids is 1. The van der Waals surface area contributed by atoms with Gasteiger partial charge in [0.05, 0.1) is 24.8 Å². The Morgan fingerprint density at radius 2 is 0.950 bits per heavy atom. The number of hydrogen-bond donors (Lipinski definition) is 17. The molecule has 40 heteroatoms. The summed E-state index contributed by atoms with van der Waals surface area (Å²) < 4.78 is 0. The van der Waals surface area contributed by atoms with E-state index in [9.17, 15) is 44.4 Å². The Kier molecular flexibility index (Phi) is 41.2. The first-order valence-corrected chi connectivity index (χ1v) is 47.5. The molecule has 0 aliphatic carbocycles. The van der Waals surface area contributed by atoms with Gasteiger partial charge in [0, 0.05) is 103 Å². The Morgan fingerprint density at radius 1 is 0.468 bits per heavy atom. The van der Waals surface area contributed by atoms with Crippen molar-refractivity contribution in [3.63, 3.8) is 0 Å². The number of fused-ring (bicyclic) bond motifs is 2. The average Bonchev–Trinajstić information content (AvgIpc) is 1.75. The number of para-hydroxylation sites is 1. The summed E-state index contributed by atoms with van der Waals surface area (Å²) in [6.45, 7) is 3.84. The number of hydrogen-bond acceptors (Lipinski definition) is 22. The van der Waals surface area contributed by atoms with Crippen molar-refractivity contribution in [3.05, 3.63) is 203 Å². The minimum atomic E-state index is -1.90. The highest BCUT2D eigenvalue weighted by Gasteiger charge is 2.47. The maximum absolute atomic E-state index is 15.8. The molecule has 39 nitrogen and oxygen atoms in total. The van der Waals surface area contributed by atoms with Gasteiger partial charge in [0.25, 0.3) is 0 Å². The van der Waals surface area contributed by atoms with Crippen LogP contribution in [0.15, 0.2) is 170 Å². The number of phenolic OH excluding ortho intramolecular Hbond substituents is 2. The van der Waals surface area contributed by atoms with Crippen LogP contribution in [0, 0.1) is 5.92 Å². The molecule has 2 saturated heterocycles. The van der Waals surface area contributed by atoms with Gasteiger partial charge >= 0.3 is 5.97 Å². The zero-order valence-electron chi connectivity index (χ0n) is 79.0. The second-order valence-electron chi connectivity index (χ2n) is 35.4. The molecule has 16 amide bonds. The van der Waals surface area contributed by atoms with Crippen molar-refractivity contribution in [3.8, 4) is 11.5 Å². The lowest BCUT2D eigenvalue weighted by atomic mass is 9.98. The molecule has 0 bridgehead atoms. The van der Waals surface area contributed by atoms with Crippen LogP contribution < -0.4 is 65.1 Å². The number of aliphatic hydroxyl groups is 1. The molecule has 2 aliphatic heterocycles. The van der Waals surface area contributed by atoms with E-state index in [1.807, 2.05) is 19.1 Å². The van der Waals surface area contributed by atoms with Crippen LogP contribution in [-0.4, -0.2) is 294 Å². The molecular formula is C99H128N18O21S. The van der Waals surface area contributed by atoms with Crippen molar-refractivity contribution in [2.75, 3.05) is 59.3 Å². The second-order valence-corrected chi connectivity index (χ2v) is 36.4. The summed E-state index contributed by atoms with van der Waals surface area (Å²) in [7, 11) is 5.13. The fourth-order valence-corrected chi connectivity index (χ4v) is 17.7. The smallest absolute Gasteiger partial charge is 0.303 e. The van der Waals surface area contributed by atoms with E-state index >= 15 is 57.5 Å². The minimum Gasteiger partial charge on any atom is -0.508 e. The van der Waals surface area contributed by atoms with Gasteiger partial charge in [0.2, 0.25) is 94.5 Å². The van der Waals surface area contributed by atoms with Crippen LogP contribution in [0.5, 0.6) is 11.5 Å². The number of aromatic amines is 1. The number of benzene rings is 6. The van der Waals surface area contributed by atoms with E-state index in [2.05, 4.69) is 52.8 Å². The Balaban J connectivity index is 1.16. The SMILES string of the molecule is CCCC[C@H]1C(=O)N2C[C@H](O)C[C@@H]2C(=O)N[C@@H](CC(N)=O)C(=O)N[C@@H](C(C)C)C(=O)N(C)[C@@H](Cc2ccccc2)C(=O)N[C@@H](Cc2ccc(O)cc2)C(=O)N(C)[C@H](CCC(=O)O)C(=O)N[C@@H](Cc2c[nH]c3ccccc23)C(=O)N[C@@H](Cc2ccc(O)cc2)C(=O)N[C@@H](CCCCN)C(=O)N[C@H](C(=O)NCC(N)=O)CSCC(=O)N[C@@H](Cc2ccccc2)C(=O)N(C)[C@@H](CCc2ccccc2)C(=O)N1C. The van der Waals surface area contributed by atoms with Crippen LogP contribution in [-0.2, 0) is 120 Å². The highest BCUT2D eigenvalue weighted by Crippen LogP contribution is 2.28.